The summed E-state index contributed by atoms with van der Waals surface area (Å²) in [4.78, 5) is 11.5. The summed E-state index contributed by atoms with van der Waals surface area (Å²) in [5.41, 5.74) is 0.657. The van der Waals surface area contributed by atoms with Crippen LogP contribution < -0.4 is 0 Å². The largest absolute Gasteiger partial charge is 0.374 e. The van der Waals surface area contributed by atoms with E-state index in [0.29, 0.717) is 16.6 Å². The Balaban J connectivity index is 2.53. The monoisotopic (exact) mass is 288 g/mol. The molecule has 1 rings (SSSR count). The first-order chi connectivity index (χ1) is 7.65. The second kappa shape index (κ2) is 6.76. The molecule has 4 heteroatoms. The molecule has 1 aromatic carbocycles. The first-order valence-corrected chi connectivity index (χ1v) is 5.96. The van der Waals surface area contributed by atoms with E-state index in [0.717, 1.165) is 6.42 Å². The third-order valence-corrected chi connectivity index (χ3v) is 2.92. The van der Waals surface area contributed by atoms with E-state index in [4.69, 9.17) is 4.74 Å². The van der Waals surface area contributed by atoms with Crippen LogP contribution in [-0.4, -0.2) is 19.0 Å². The summed E-state index contributed by atoms with van der Waals surface area (Å²) in [6.45, 7) is 2.65. The predicted molar refractivity (Wildman–Crippen MR) is 63.9 cm³/mol. The molecule has 0 bridgehead atoms. The van der Waals surface area contributed by atoms with Gasteiger partial charge in [0.15, 0.2) is 5.78 Å². The van der Waals surface area contributed by atoms with Gasteiger partial charge in [0.2, 0.25) is 0 Å². The topological polar surface area (TPSA) is 26.3 Å². The zero-order chi connectivity index (χ0) is 12.0. The van der Waals surface area contributed by atoms with Crippen LogP contribution >= 0.6 is 15.9 Å². The van der Waals surface area contributed by atoms with Gasteiger partial charge in [0.1, 0.15) is 12.4 Å². The summed E-state index contributed by atoms with van der Waals surface area (Å²) in [6, 6.07) is 4.67. The number of ether oxygens (including phenoxy) is 1. The third kappa shape index (κ3) is 4.02. The van der Waals surface area contributed by atoms with Gasteiger partial charge in [-0.1, -0.05) is 19.1 Å². The maximum Gasteiger partial charge on any atom is 0.162 e. The van der Waals surface area contributed by atoms with Gasteiger partial charge in [-0.3, -0.25) is 4.79 Å². The molecule has 0 N–H and O–H groups in total. The van der Waals surface area contributed by atoms with Crippen LogP contribution in [0.1, 0.15) is 18.9 Å². The Bertz CT molecular complexity index is 366. The molecule has 0 unspecified atom stereocenters. The zero-order valence-corrected chi connectivity index (χ0v) is 10.7. The molecule has 0 aliphatic rings. The molecule has 0 amide bonds. The van der Waals surface area contributed by atoms with Crippen LogP contribution in [-0.2, 0) is 16.0 Å². The van der Waals surface area contributed by atoms with Crippen molar-refractivity contribution in [2.45, 2.75) is 19.8 Å². The Morgan fingerprint density at radius 2 is 2.25 bits per heavy atom. The zero-order valence-electron chi connectivity index (χ0n) is 9.13. The van der Waals surface area contributed by atoms with Crippen molar-refractivity contribution in [3.8, 4) is 0 Å². The minimum atomic E-state index is -0.347. The van der Waals surface area contributed by atoms with Gasteiger partial charge >= 0.3 is 0 Å². The van der Waals surface area contributed by atoms with Crippen molar-refractivity contribution >= 4 is 21.7 Å². The van der Waals surface area contributed by atoms with Gasteiger partial charge < -0.3 is 4.74 Å². The Kier molecular flexibility index (Phi) is 5.63. The number of benzene rings is 1. The second-order valence-electron chi connectivity index (χ2n) is 3.48. The minimum absolute atomic E-state index is 0.0419. The minimum Gasteiger partial charge on any atom is -0.374 e. The normalized spacial score (nSPS) is 10.4. The van der Waals surface area contributed by atoms with Crippen LogP contribution in [0.2, 0.25) is 0 Å². The fourth-order valence-corrected chi connectivity index (χ4v) is 1.68. The molecule has 0 aliphatic carbocycles. The Hall–Kier alpha value is -0.740. The van der Waals surface area contributed by atoms with E-state index >= 15 is 0 Å². The third-order valence-electron chi connectivity index (χ3n) is 2.03. The summed E-state index contributed by atoms with van der Waals surface area (Å²) in [7, 11) is 0. The quantitative estimate of drug-likeness (QED) is 0.752. The molecule has 88 valence electrons. The smallest absolute Gasteiger partial charge is 0.162 e. The van der Waals surface area contributed by atoms with Gasteiger partial charge in [-0.25, -0.2) is 4.39 Å². The van der Waals surface area contributed by atoms with Crippen molar-refractivity contribution in [3.05, 3.63) is 34.1 Å². The number of carbonyl (C=O) groups is 1. The number of halogens is 2. The van der Waals surface area contributed by atoms with Crippen LogP contribution in [0.25, 0.3) is 0 Å². The van der Waals surface area contributed by atoms with Crippen LogP contribution in [0.3, 0.4) is 0 Å². The lowest BCUT2D eigenvalue weighted by molar-refractivity contribution is -0.122. The molecule has 0 saturated carbocycles. The molecule has 0 saturated heterocycles. The summed E-state index contributed by atoms with van der Waals surface area (Å²) in [6.07, 6.45) is 1.08. The summed E-state index contributed by atoms with van der Waals surface area (Å²) >= 11 is 3.12. The summed E-state index contributed by atoms with van der Waals surface area (Å²) in [5, 5.41) is 0. The molecule has 0 radical (unpaired) electrons. The molecular formula is C12H14BrFO2. The molecule has 0 fully saturated rings. The highest BCUT2D eigenvalue weighted by Crippen LogP contribution is 2.20. The molecule has 0 atom stereocenters. The maximum absolute atomic E-state index is 13.1. The molecule has 0 aromatic heterocycles. The number of rotatable bonds is 6. The highest BCUT2D eigenvalue weighted by Gasteiger charge is 2.09. The van der Waals surface area contributed by atoms with Gasteiger partial charge in [0.05, 0.1) is 4.47 Å². The van der Waals surface area contributed by atoms with Gasteiger partial charge in [-0.05, 0) is 34.0 Å². The van der Waals surface area contributed by atoms with Crippen molar-refractivity contribution in [3.63, 3.8) is 0 Å². The lowest BCUT2D eigenvalue weighted by Gasteiger charge is -2.05. The Morgan fingerprint density at radius 1 is 1.50 bits per heavy atom. The number of hydrogen-bond donors (Lipinski definition) is 0. The Morgan fingerprint density at radius 3 is 2.94 bits per heavy atom. The van der Waals surface area contributed by atoms with E-state index in [9.17, 15) is 9.18 Å². The number of hydrogen-bond acceptors (Lipinski definition) is 2. The average molecular weight is 289 g/mol. The molecular weight excluding hydrogens is 275 g/mol. The number of Topliss-reactive ketones (excluding diaryl/α,β-unsaturated/α-hetero) is 1. The van der Waals surface area contributed by atoms with E-state index in [1.165, 1.54) is 6.07 Å². The molecule has 1 aromatic rings. The van der Waals surface area contributed by atoms with Crippen molar-refractivity contribution in [2.24, 2.45) is 0 Å². The van der Waals surface area contributed by atoms with E-state index in [-0.39, 0.29) is 24.6 Å². The van der Waals surface area contributed by atoms with E-state index in [1.807, 2.05) is 6.92 Å². The Labute approximate surface area is 103 Å². The highest BCUT2D eigenvalue weighted by molar-refractivity contribution is 9.10. The first kappa shape index (κ1) is 13.3. The molecule has 0 spiro atoms. The van der Waals surface area contributed by atoms with Gasteiger partial charge in [-0.15, -0.1) is 0 Å². The van der Waals surface area contributed by atoms with Gasteiger partial charge in [0.25, 0.3) is 0 Å². The van der Waals surface area contributed by atoms with Crippen molar-refractivity contribution in [2.75, 3.05) is 13.2 Å². The number of ketones is 1. The standard InChI is InChI=1S/C12H14BrFO2/c1-2-6-16-8-10(15)7-9-4-3-5-11(14)12(9)13/h3-5H,2,6-8H2,1H3. The summed E-state index contributed by atoms with van der Waals surface area (Å²) < 4.78 is 18.6. The van der Waals surface area contributed by atoms with E-state index < -0.39 is 0 Å². The second-order valence-corrected chi connectivity index (χ2v) is 4.27. The predicted octanol–water partition coefficient (Wildman–Crippen LogP) is 3.13. The SMILES string of the molecule is CCCOCC(=O)Cc1cccc(F)c1Br. The average Bonchev–Trinajstić information content (AvgIpc) is 2.25. The maximum atomic E-state index is 13.1. The molecule has 0 heterocycles. The molecule has 2 nitrogen and oxygen atoms in total. The fraction of sp³-hybridized carbons (Fsp3) is 0.417. The van der Waals surface area contributed by atoms with E-state index in [2.05, 4.69) is 15.9 Å². The van der Waals surface area contributed by atoms with E-state index in [1.54, 1.807) is 12.1 Å². The summed E-state index contributed by atoms with van der Waals surface area (Å²) in [5.74, 6) is -0.389. The lowest BCUT2D eigenvalue weighted by Crippen LogP contribution is -2.12. The van der Waals surface area contributed by atoms with Crippen molar-refractivity contribution in [1.29, 1.82) is 0 Å². The first-order valence-electron chi connectivity index (χ1n) is 5.17. The van der Waals surface area contributed by atoms with Crippen LogP contribution in [0.4, 0.5) is 4.39 Å². The van der Waals surface area contributed by atoms with Crippen LogP contribution in [0.5, 0.6) is 0 Å². The van der Waals surface area contributed by atoms with Gasteiger partial charge in [0, 0.05) is 13.0 Å². The van der Waals surface area contributed by atoms with Crippen LogP contribution in [0, 0.1) is 5.82 Å². The molecule has 0 aliphatic heterocycles. The van der Waals surface area contributed by atoms with Crippen molar-refractivity contribution < 1.29 is 13.9 Å². The highest BCUT2D eigenvalue weighted by atomic mass is 79.9. The van der Waals surface area contributed by atoms with Gasteiger partial charge in [-0.2, -0.15) is 0 Å². The van der Waals surface area contributed by atoms with Crippen molar-refractivity contribution in [1.82, 2.24) is 0 Å². The number of carbonyl (C=O) groups excluding carboxylic acids is 1. The fourth-order valence-electron chi connectivity index (χ4n) is 1.28. The lowest BCUT2D eigenvalue weighted by atomic mass is 10.1. The molecule has 16 heavy (non-hydrogen) atoms. The van der Waals surface area contributed by atoms with Crippen LogP contribution in [0.15, 0.2) is 22.7 Å².